The number of alkyl halides is 2. The van der Waals surface area contributed by atoms with Crippen LogP contribution in [0.4, 0.5) is 8.78 Å². The first-order chi connectivity index (χ1) is 7.69. The van der Waals surface area contributed by atoms with E-state index in [4.69, 9.17) is 4.74 Å². The maximum Gasteiger partial charge on any atom is 0.387 e. The highest BCUT2D eigenvalue weighted by Gasteiger charge is 2.25. The van der Waals surface area contributed by atoms with Crippen LogP contribution in [0, 0.1) is 0 Å². The second-order valence-electron chi connectivity index (χ2n) is 3.83. The molecule has 0 atom stereocenters. The van der Waals surface area contributed by atoms with Gasteiger partial charge in [-0.25, -0.2) is 0 Å². The average Bonchev–Trinajstić information content (AvgIpc) is 3.04. The van der Waals surface area contributed by atoms with E-state index < -0.39 is 6.61 Å². The molecule has 0 unspecified atom stereocenters. The zero-order valence-electron chi connectivity index (χ0n) is 9.08. The van der Waals surface area contributed by atoms with Gasteiger partial charge in [-0.2, -0.15) is 8.78 Å². The van der Waals surface area contributed by atoms with Crippen molar-refractivity contribution in [2.75, 3.05) is 0 Å². The molecule has 0 radical (unpaired) electrons. The molecule has 4 heteroatoms. The number of rotatable bonds is 5. The molecule has 1 aliphatic rings. The van der Waals surface area contributed by atoms with E-state index in [-0.39, 0.29) is 11.9 Å². The van der Waals surface area contributed by atoms with Gasteiger partial charge in [-0.05, 0) is 37.0 Å². The van der Waals surface area contributed by atoms with Crippen molar-refractivity contribution in [2.45, 2.75) is 38.9 Å². The van der Waals surface area contributed by atoms with Gasteiger partial charge < -0.3 is 9.47 Å². The Bertz CT molecular complexity index is 362. The van der Waals surface area contributed by atoms with Crippen molar-refractivity contribution >= 4 is 0 Å². The summed E-state index contributed by atoms with van der Waals surface area (Å²) in [4.78, 5) is 0. The molecular formula is C12H14F2O2. The highest BCUT2D eigenvalue weighted by Crippen LogP contribution is 2.35. The topological polar surface area (TPSA) is 18.5 Å². The van der Waals surface area contributed by atoms with E-state index in [0.717, 1.165) is 24.8 Å². The minimum atomic E-state index is -2.81. The lowest BCUT2D eigenvalue weighted by atomic mass is 10.1. The van der Waals surface area contributed by atoms with Crippen LogP contribution >= 0.6 is 0 Å². The Morgan fingerprint density at radius 3 is 2.62 bits per heavy atom. The standard InChI is InChI=1S/C12H14F2O2/c1-2-8-3-6-10(16-12(13)14)11(7-8)15-9-4-5-9/h3,6-7,9,12H,2,4-5H2,1H3. The third-order valence-corrected chi connectivity index (χ3v) is 2.45. The lowest BCUT2D eigenvalue weighted by molar-refractivity contribution is -0.0516. The molecule has 0 heterocycles. The van der Waals surface area contributed by atoms with Crippen molar-refractivity contribution in [3.8, 4) is 11.5 Å². The maximum atomic E-state index is 12.2. The van der Waals surface area contributed by atoms with Crippen molar-refractivity contribution in [3.63, 3.8) is 0 Å². The molecule has 2 rings (SSSR count). The Balaban J connectivity index is 2.19. The summed E-state index contributed by atoms with van der Waals surface area (Å²) >= 11 is 0. The minimum Gasteiger partial charge on any atom is -0.487 e. The SMILES string of the molecule is CCc1ccc(OC(F)F)c(OC2CC2)c1. The third-order valence-electron chi connectivity index (χ3n) is 2.45. The zero-order chi connectivity index (χ0) is 11.5. The molecule has 1 aliphatic carbocycles. The van der Waals surface area contributed by atoms with Gasteiger partial charge in [0.15, 0.2) is 11.5 Å². The van der Waals surface area contributed by atoms with E-state index in [1.807, 2.05) is 6.92 Å². The van der Waals surface area contributed by atoms with Gasteiger partial charge in [-0.1, -0.05) is 13.0 Å². The smallest absolute Gasteiger partial charge is 0.387 e. The van der Waals surface area contributed by atoms with Crippen molar-refractivity contribution in [1.29, 1.82) is 0 Å². The molecular weight excluding hydrogens is 214 g/mol. The van der Waals surface area contributed by atoms with Crippen LogP contribution < -0.4 is 9.47 Å². The van der Waals surface area contributed by atoms with Crippen LogP contribution in [0.15, 0.2) is 18.2 Å². The molecule has 0 bridgehead atoms. The highest BCUT2D eigenvalue weighted by atomic mass is 19.3. The maximum absolute atomic E-state index is 12.2. The molecule has 1 aromatic rings. The number of halogens is 2. The Hall–Kier alpha value is -1.32. The minimum absolute atomic E-state index is 0.124. The van der Waals surface area contributed by atoms with Gasteiger partial charge in [0.2, 0.25) is 0 Å². The Labute approximate surface area is 93.2 Å². The van der Waals surface area contributed by atoms with E-state index in [2.05, 4.69) is 4.74 Å². The van der Waals surface area contributed by atoms with Crippen LogP contribution in [0.1, 0.15) is 25.3 Å². The number of aryl methyl sites for hydroxylation is 1. The lowest BCUT2D eigenvalue weighted by Gasteiger charge is -2.12. The highest BCUT2D eigenvalue weighted by molar-refractivity contribution is 5.43. The largest absolute Gasteiger partial charge is 0.487 e. The van der Waals surface area contributed by atoms with Crippen LogP contribution in [0.3, 0.4) is 0 Å². The first-order valence-electron chi connectivity index (χ1n) is 5.43. The van der Waals surface area contributed by atoms with Gasteiger partial charge >= 0.3 is 6.61 Å². The molecule has 88 valence electrons. The lowest BCUT2D eigenvalue weighted by Crippen LogP contribution is -2.05. The fourth-order valence-corrected chi connectivity index (χ4v) is 1.42. The van der Waals surface area contributed by atoms with Crippen molar-refractivity contribution in [3.05, 3.63) is 23.8 Å². The fraction of sp³-hybridized carbons (Fsp3) is 0.500. The summed E-state index contributed by atoms with van der Waals surface area (Å²) in [6.07, 6.45) is 3.00. The molecule has 2 nitrogen and oxygen atoms in total. The molecule has 1 aromatic carbocycles. The predicted molar refractivity (Wildman–Crippen MR) is 56.1 cm³/mol. The molecule has 1 saturated carbocycles. The molecule has 16 heavy (non-hydrogen) atoms. The summed E-state index contributed by atoms with van der Waals surface area (Å²) < 4.78 is 34.3. The summed E-state index contributed by atoms with van der Waals surface area (Å²) in [6, 6.07) is 5.09. The predicted octanol–water partition coefficient (Wildman–Crippen LogP) is 3.39. The van der Waals surface area contributed by atoms with Crippen molar-refractivity contribution in [2.24, 2.45) is 0 Å². The van der Waals surface area contributed by atoms with Crippen LogP contribution in [0.5, 0.6) is 11.5 Å². The van der Waals surface area contributed by atoms with Crippen molar-refractivity contribution in [1.82, 2.24) is 0 Å². The first kappa shape index (κ1) is 11.2. The number of hydrogen-bond acceptors (Lipinski definition) is 2. The molecule has 0 amide bonds. The molecule has 0 aromatic heterocycles. The number of benzene rings is 1. The summed E-state index contributed by atoms with van der Waals surface area (Å²) in [5.74, 6) is 0.557. The van der Waals surface area contributed by atoms with E-state index in [1.165, 1.54) is 0 Å². The quantitative estimate of drug-likeness (QED) is 0.769. The molecule has 0 N–H and O–H groups in total. The third kappa shape index (κ3) is 2.84. The Morgan fingerprint density at radius 1 is 1.31 bits per heavy atom. The average molecular weight is 228 g/mol. The summed E-state index contributed by atoms with van der Waals surface area (Å²) in [7, 11) is 0. The van der Waals surface area contributed by atoms with Gasteiger partial charge in [-0.3, -0.25) is 0 Å². The molecule has 0 spiro atoms. The van der Waals surface area contributed by atoms with Gasteiger partial charge in [0, 0.05) is 0 Å². The van der Waals surface area contributed by atoms with Gasteiger partial charge in [-0.15, -0.1) is 0 Å². The van der Waals surface area contributed by atoms with Gasteiger partial charge in [0.05, 0.1) is 6.10 Å². The van der Waals surface area contributed by atoms with E-state index in [0.29, 0.717) is 5.75 Å². The van der Waals surface area contributed by atoms with Gasteiger partial charge in [0.25, 0.3) is 0 Å². The fourth-order valence-electron chi connectivity index (χ4n) is 1.42. The van der Waals surface area contributed by atoms with Crippen LogP contribution in [0.2, 0.25) is 0 Å². The van der Waals surface area contributed by atoms with Crippen molar-refractivity contribution < 1.29 is 18.3 Å². The Kier molecular flexibility index (Phi) is 3.27. The van der Waals surface area contributed by atoms with E-state index in [9.17, 15) is 8.78 Å². The van der Waals surface area contributed by atoms with Crippen LogP contribution in [0.25, 0.3) is 0 Å². The second kappa shape index (κ2) is 4.68. The Morgan fingerprint density at radius 2 is 2.06 bits per heavy atom. The van der Waals surface area contributed by atoms with Crippen LogP contribution in [-0.4, -0.2) is 12.7 Å². The summed E-state index contributed by atoms with van der Waals surface area (Å²) in [5.41, 5.74) is 1.05. The first-order valence-corrected chi connectivity index (χ1v) is 5.43. The number of hydrogen-bond donors (Lipinski definition) is 0. The van der Waals surface area contributed by atoms with E-state index >= 15 is 0 Å². The molecule has 0 aliphatic heterocycles. The number of ether oxygens (including phenoxy) is 2. The molecule has 1 fully saturated rings. The second-order valence-corrected chi connectivity index (χ2v) is 3.83. The van der Waals surface area contributed by atoms with E-state index in [1.54, 1.807) is 18.2 Å². The normalized spacial score (nSPS) is 15.2. The zero-order valence-corrected chi connectivity index (χ0v) is 9.08. The molecule has 0 saturated heterocycles. The van der Waals surface area contributed by atoms with Crippen LogP contribution in [-0.2, 0) is 6.42 Å². The van der Waals surface area contributed by atoms with Gasteiger partial charge in [0.1, 0.15) is 0 Å². The summed E-state index contributed by atoms with van der Waals surface area (Å²) in [6.45, 7) is -0.807. The summed E-state index contributed by atoms with van der Waals surface area (Å²) in [5, 5.41) is 0. The monoisotopic (exact) mass is 228 g/mol.